The summed E-state index contributed by atoms with van der Waals surface area (Å²) in [5, 5.41) is 0. The molecule has 166 valence electrons. The van der Waals surface area contributed by atoms with E-state index in [1.54, 1.807) is 0 Å². The van der Waals surface area contributed by atoms with E-state index in [-0.39, 0.29) is 6.09 Å². The van der Waals surface area contributed by atoms with E-state index in [0.29, 0.717) is 18.8 Å². The second-order valence-corrected chi connectivity index (χ2v) is 8.05. The van der Waals surface area contributed by atoms with E-state index < -0.39 is 5.60 Å². The van der Waals surface area contributed by atoms with Gasteiger partial charge >= 0.3 is 6.09 Å². The molecule has 1 aliphatic heterocycles. The normalized spacial score (nSPS) is 21.7. The van der Waals surface area contributed by atoms with Gasteiger partial charge in [-0.05, 0) is 39.2 Å². The lowest BCUT2D eigenvalue weighted by Crippen LogP contribution is -2.56. The molecule has 0 spiro atoms. The number of carbonyl (C=O) groups excluding carboxylic acids is 1. The zero-order valence-corrected chi connectivity index (χ0v) is 19.6. The number of nitrogens with zero attached hydrogens (tertiary/aromatic N) is 2. The molecule has 0 aromatic heterocycles. The molecule has 5 nitrogen and oxygen atoms in total. The highest BCUT2D eigenvalue weighted by molar-refractivity contribution is 5.68. The van der Waals surface area contributed by atoms with Crippen molar-refractivity contribution in [3.05, 3.63) is 35.9 Å². The van der Waals surface area contributed by atoms with Gasteiger partial charge in [-0.1, -0.05) is 58.0 Å². The maximum absolute atomic E-state index is 12.1. The Bertz CT molecular complexity index is 557. The van der Waals surface area contributed by atoms with Crippen LogP contribution in [0.3, 0.4) is 0 Å². The Morgan fingerprint density at radius 1 is 0.966 bits per heavy atom. The highest BCUT2D eigenvalue weighted by Gasteiger charge is 2.36. The van der Waals surface area contributed by atoms with Crippen molar-refractivity contribution >= 4 is 6.09 Å². The van der Waals surface area contributed by atoms with Gasteiger partial charge in [0, 0.05) is 32.2 Å². The average Bonchev–Trinajstić information content (AvgIpc) is 2.70. The number of hydrogen-bond donors (Lipinski definition) is 0. The minimum Gasteiger partial charge on any atom is -0.444 e. The molecule has 1 aliphatic carbocycles. The average molecular weight is 407 g/mol. The summed E-state index contributed by atoms with van der Waals surface area (Å²) in [4.78, 5) is 16.4. The van der Waals surface area contributed by atoms with Gasteiger partial charge in [0.15, 0.2) is 0 Å². The van der Waals surface area contributed by atoms with Gasteiger partial charge in [0.25, 0.3) is 0 Å². The lowest BCUT2D eigenvalue weighted by molar-refractivity contribution is -0.0683. The van der Waals surface area contributed by atoms with E-state index in [4.69, 9.17) is 9.47 Å². The minimum atomic E-state index is -0.425. The molecule has 1 saturated carbocycles. The molecule has 0 unspecified atom stereocenters. The predicted molar refractivity (Wildman–Crippen MR) is 120 cm³/mol. The third-order valence-electron chi connectivity index (χ3n) is 4.88. The molecule has 5 heteroatoms. The first kappa shape index (κ1) is 25.4. The van der Waals surface area contributed by atoms with Crippen LogP contribution in [0.1, 0.15) is 66.9 Å². The number of carbonyl (C=O) groups is 1. The fourth-order valence-corrected chi connectivity index (χ4v) is 3.36. The first-order valence-corrected chi connectivity index (χ1v) is 11.3. The molecule has 1 saturated heterocycles. The molecule has 0 radical (unpaired) electrons. The molecule has 1 aromatic carbocycles. The quantitative estimate of drug-likeness (QED) is 0.677. The van der Waals surface area contributed by atoms with Crippen molar-refractivity contribution in [1.82, 2.24) is 9.80 Å². The van der Waals surface area contributed by atoms with Gasteiger partial charge in [-0.15, -0.1) is 0 Å². The Labute approximate surface area is 178 Å². The maximum Gasteiger partial charge on any atom is 0.410 e. The van der Waals surface area contributed by atoms with Crippen molar-refractivity contribution in [2.24, 2.45) is 0 Å². The summed E-state index contributed by atoms with van der Waals surface area (Å²) < 4.78 is 11.4. The van der Waals surface area contributed by atoms with E-state index in [1.807, 2.05) is 71.6 Å². The monoisotopic (exact) mass is 406 g/mol. The molecule has 2 aliphatic rings. The van der Waals surface area contributed by atoms with Gasteiger partial charge in [-0.3, -0.25) is 4.90 Å². The fraction of sp³-hybridized carbons (Fsp3) is 0.708. The van der Waals surface area contributed by atoms with E-state index in [2.05, 4.69) is 17.0 Å². The number of hydrogen-bond acceptors (Lipinski definition) is 4. The standard InChI is InChI=1S/C20H30N2O3.2C2H6/c1-20(2,3)25-19(23)22-11-9-21(10-12-22)17-13-18(14-17)24-15-16-7-5-4-6-8-16;2*1-2/h4-8,17-18H,9-15H2,1-3H3;2*1-2H3. The van der Waals surface area contributed by atoms with Crippen molar-refractivity contribution in [3.63, 3.8) is 0 Å². The Morgan fingerprint density at radius 2 is 1.52 bits per heavy atom. The number of rotatable bonds is 4. The Kier molecular flexibility index (Phi) is 11.3. The third kappa shape index (κ3) is 8.75. The highest BCUT2D eigenvalue weighted by atomic mass is 16.6. The molecule has 1 amide bonds. The molecule has 29 heavy (non-hydrogen) atoms. The van der Waals surface area contributed by atoms with E-state index >= 15 is 0 Å². The smallest absolute Gasteiger partial charge is 0.410 e. The topological polar surface area (TPSA) is 42.0 Å². The van der Waals surface area contributed by atoms with Crippen molar-refractivity contribution < 1.29 is 14.3 Å². The summed E-state index contributed by atoms with van der Waals surface area (Å²) in [5.74, 6) is 0. The van der Waals surface area contributed by atoms with Crippen molar-refractivity contribution in [2.45, 2.75) is 85.7 Å². The maximum atomic E-state index is 12.1. The molecular weight excluding hydrogens is 364 g/mol. The van der Waals surface area contributed by atoms with Gasteiger partial charge in [-0.25, -0.2) is 4.79 Å². The molecule has 0 bridgehead atoms. The molecule has 3 rings (SSSR count). The molecule has 1 heterocycles. The number of ether oxygens (including phenoxy) is 2. The summed E-state index contributed by atoms with van der Waals surface area (Å²) in [6.45, 7) is 17.8. The van der Waals surface area contributed by atoms with Crippen molar-refractivity contribution in [3.8, 4) is 0 Å². The lowest BCUT2D eigenvalue weighted by Gasteiger charge is -2.46. The Balaban J connectivity index is 0.000000989. The zero-order valence-electron chi connectivity index (χ0n) is 19.6. The minimum absolute atomic E-state index is 0.190. The van der Waals surface area contributed by atoms with Gasteiger partial charge in [0.2, 0.25) is 0 Å². The molecule has 0 atom stereocenters. The van der Waals surface area contributed by atoms with Crippen molar-refractivity contribution in [2.75, 3.05) is 26.2 Å². The SMILES string of the molecule is CC.CC.CC(C)(C)OC(=O)N1CCN(C2CC(OCc3ccccc3)C2)CC1. The first-order chi connectivity index (χ1) is 13.9. The fourth-order valence-electron chi connectivity index (χ4n) is 3.36. The van der Waals surface area contributed by atoms with Crippen LogP contribution in [-0.2, 0) is 16.1 Å². The van der Waals surface area contributed by atoms with Crippen LogP contribution in [0.2, 0.25) is 0 Å². The number of piperazine rings is 1. The first-order valence-electron chi connectivity index (χ1n) is 11.3. The van der Waals surface area contributed by atoms with E-state index in [1.165, 1.54) is 5.56 Å². The van der Waals surface area contributed by atoms with Gasteiger partial charge in [0.05, 0.1) is 12.7 Å². The predicted octanol–water partition coefficient (Wildman–Crippen LogP) is 5.34. The van der Waals surface area contributed by atoms with Gasteiger partial charge < -0.3 is 14.4 Å². The summed E-state index contributed by atoms with van der Waals surface area (Å²) >= 11 is 0. The second kappa shape index (κ2) is 12.9. The number of benzene rings is 1. The van der Waals surface area contributed by atoms with Crippen LogP contribution in [0.5, 0.6) is 0 Å². The second-order valence-electron chi connectivity index (χ2n) is 8.05. The van der Waals surface area contributed by atoms with Crippen LogP contribution in [0.4, 0.5) is 4.79 Å². The molecule has 0 N–H and O–H groups in total. The molecule has 1 aromatic rings. The third-order valence-corrected chi connectivity index (χ3v) is 4.88. The summed E-state index contributed by atoms with van der Waals surface area (Å²) in [6.07, 6.45) is 2.37. The van der Waals surface area contributed by atoms with Gasteiger partial charge in [-0.2, -0.15) is 0 Å². The van der Waals surface area contributed by atoms with E-state index in [0.717, 1.165) is 39.0 Å². The van der Waals surface area contributed by atoms with Crippen LogP contribution < -0.4 is 0 Å². The molecule has 2 fully saturated rings. The summed E-state index contributed by atoms with van der Waals surface area (Å²) in [6, 6.07) is 10.9. The van der Waals surface area contributed by atoms with Crippen LogP contribution in [0, 0.1) is 0 Å². The molecular formula is C24H42N2O3. The highest BCUT2D eigenvalue weighted by Crippen LogP contribution is 2.30. The van der Waals surface area contributed by atoms with E-state index in [9.17, 15) is 4.79 Å². The largest absolute Gasteiger partial charge is 0.444 e. The Morgan fingerprint density at radius 3 is 2.03 bits per heavy atom. The lowest BCUT2D eigenvalue weighted by atomic mass is 9.87. The summed E-state index contributed by atoms with van der Waals surface area (Å²) in [5.41, 5.74) is 0.808. The van der Waals surface area contributed by atoms with Gasteiger partial charge in [0.1, 0.15) is 5.60 Å². The van der Waals surface area contributed by atoms with Crippen molar-refractivity contribution in [1.29, 1.82) is 0 Å². The van der Waals surface area contributed by atoms with Crippen LogP contribution >= 0.6 is 0 Å². The van der Waals surface area contributed by atoms with Crippen LogP contribution in [0.15, 0.2) is 30.3 Å². The zero-order chi connectivity index (χ0) is 21.9. The Hall–Kier alpha value is -1.59. The summed E-state index contributed by atoms with van der Waals surface area (Å²) in [7, 11) is 0. The van der Waals surface area contributed by atoms with Crippen LogP contribution in [-0.4, -0.2) is 59.8 Å². The van der Waals surface area contributed by atoms with Crippen LogP contribution in [0.25, 0.3) is 0 Å². The number of amides is 1.